The Bertz CT molecular complexity index is 840. The molecule has 0 fully saturated rings. The Morgan fingerprint density at radius 2 is 2.00 bits per heavy atom. The average Bonchev–Trinajstić information content (AvgIpc) is 2.81. The van der Waals surface area contributed by atoms with E-state index in [1.807, 2.05) is 12.1 Å². The number of nitrogen functional groups attached to an aromatic ring is 1. The van der Waals surface area contributed by atoms with Gasteiger partial charge in [0.2, 0.25) is 0 Å². The van der Waals surface area contributed by atoms with E-state index in [9.17, 15) is 0 Å². The van der Waals surface area contributed by atoms with Crippen LogP contribution in [0.25, 0.3) is 16.5 Å². The highest BCUT2D eigenvalue weighted by Gasteiger charge is 2.23. The van der Waals surface area contributed by atoms with Crippen LogP contribution in [0.3, 0.4) is 0 Å². The lowest BCUT2D eigenvalue weighted by atomic mass is 9.90. The van der Waals surface area contributed by atoms with E-state index < -0.39 is 0 Å². The summed E-state index contributed by atoms with van der Waals surface area (Å²) in [5.74, 6) is 0.460. The molecule has 2 aliphatic rings. The zero-order valence-electron chi connectivity index (χ0n) is 12.8. The molecule has 1 atom stereocenters. The molecular formula is C20H20N2. The van der Waals surface area contributed by atoms with Crippen molar-refractivity contribution in [3.8, 4) is 0 Å². The van der Waals surface area contributed by atoms with Crippen molar-refractivity contribution in [1.29, 1.82) is 0 Å². The van der Waals surface area contributed by atoms with Gasteiger partial charge >= 0.3 is 0 Å². The predicted molar refractivity (Wildman–Crippen MR) is 93.5 cm³/mol. The first-order valence-corrected chi connectivity index (χ1v) is 8.01. The Balaban J connectivity index is 2.06. The maximum Gasteiger partial charge on any atom is 0.0726 e. The van der Waals surface area contributed by atoms with E-state index in [0.717, 1.165) is 47.1 Å². The molecule has 2 N–H and O–H groups in total. The standard InChI is InChI=1S/C20H20N2/c1-13-7-2-3-8-15-14(13)10-6-12-18-19(15)20(21)16-9-4-5-11-17(16)22-18/h2-5,7-9,11,13H,6,10,12H2,1H3,(H2,21,22). The average molecular weight is 288 g/mol. The minimum atomic E-state index is 0.460. The number of fused-ring (bicyclic) bond motifs is 3. The minimum absolute atomic E-state index is 0.460. The smallest absolute Gasteiger partial charge is 0.0726 e. The normalized spacial score (nSPS) is 20.5. The molecule has 2 aliphatic carbocycles. The fraction of sp³-hybridized carbons (Fsp3) is 0.250. The molecule has 0 saturated heterocycles. The molecule has 0 radical (unpaired) electrons. The fourth-order valence-corrected chi connectivity index (χ4v) is 3.68. The minimum Gasteiger partial charge on any atom is -0.398 e. The van der Waals surface area contributed by atoms with Crippen molar-refractivity contribution in [2.24, 2.45) is 5.92 Å². The van der Waals surface area contributed by atoms with Crippen molar-refractivity contribution >= 4 is 22.2 Å². The second-order valence-corrected chi connectivity index (χ2v) is 6.19. The van der Waals surface area contributed by atoms with Crippen LogP contribution in [0.5, 0.6) is 0 Å². The number of hydrogen-bond acceptors (Lipinski definition) is 2. The summed E-state index contributed by atoms with van der Waals surface area (Å²) < 4.78 is 0. The number of allylic oxidation sites excluding steroid dienone is 6. The van der Waals surface area contributed by atoms with Crippen LogP contribution in [-0.2, 0) is 6.42 Å². The number of anilines is 1. The van der Waals surface area contributed by atoms with Crippen molar-refractivity contribution in [3.63, 3.8) is 0 Å². The summed E-state index contributed by atoms with van der Waals surface area (Å²) in [4.78, 5) is 4.91. The molecule has 2 aromatic rings. The highest BCUT2D eigenvalue weighted by atomic mass is 14.7. The molecule has 2 nitrogen and oxygen atoms in total. The zero-order valence-corrected chi connectivity index (χ0v) is 12.8. The van der Waals surface area contributed by atoms with Gasteiger partial charge in [-0.25, -0.2) is 0 Å². The molecule has 1 aromatic carbocycles. The van der Waals surface area contributed by atoms with Crippen LogP contribution >= 0.6 is 0 Å². The molecular weight excluding hydrogens is 268 g/mol. The van der Waals surface area contributed by atoms with Crippen LogP contribution in [0.4, 0.5) is 5.69 Å². The van der Waals surface area contributed by atoms with Gasteiger partial charge in [-0.1, -0.05) is 55.0 Å². The molecule has 4 rings (SSSR count). The number of aryl methyl sites for hydroxylation is 1. The SMILES string of the molecule is CC1C=CC=CC2=C1CCCc1nc3ccccc3c(N)c12. The molecule has 1 unspecified atom stereocenters. The summed E-state index contributed by atoms with van der Waals surface area (Å²) in [6.07, 6.45) is 12.0. The maximum absolute atomic E-state index is 6.58. The van der Waals surface area contributed by atoms with Gasteiger partial charge < -0.3 is 5.73 Å². The molecule has 0 spiro atoms. The molecule has 110 valence electrons. The molecule has 0 saturated carbocycles. The molecule has 22 heavy (non-hydrogen) atoms. The molecule has 0 aliphatic heterocycles. The highest BCUT2D eigenvalue weighted by Crippen LogP contribution is 2.40. The summed E-state index contributed by atoms with van der Waals surface area (Å²) in [6.45, 7) is 2.27. The second-order valence-electron chi connectivity index (χ2n) is 6.19. The number of aromatic nitrogens is 1. The number of nitrogens with two attached hydrogens (primary N) is 1. The second kappa shape index (κ2) is 5.13. The lowest BCUT2D eigenvalue weighted by molar-refractivity contribution is 0.733. The topological polar surface area (TPSA) is 38.9 Å². The zero-order chi connectivity index (χ0) is 15.1. The van der Waals surface area contributed by atoms with Crippen LogP contribution in [-0.4, -0.2) is 4.98 Å². The largest absolute Gasteiger partial charge is 0.398 e. The number of nitrogens with zero attached hydrogens (tertiary/aromatic N) is 1. The number of pyridine rings is 1. The third-order valence-electron chi connectivity index (χ3n) is 4.81. The van der Waals surface area contributed by atoms with Crippen molar-refractivity contribution in [2.75, 3.05) is 5.73 Å². The van der Waals surface area contributed by atoms with Gasteiger partial charge in [0.15, 0.2) is 0 Å². The molecule has 0 amide bonds. The van der Waals surface area contributed by atoms with Gasteiger partial charge in [-0.15, -0.1) is 0 Å². The summed E-state index contributed by atoms with van der Waals surface area (Å²) >= 11 is 0. The third-order valence-corrected chi connectivity index (χ3v) is 4.81. The number of para-hydroxylation sites is 1. The highest BCUT2D eigenvalue weighted by molar-refractivity contribution is 5.99. The van der Waals surface area contributed by atoms with E-state index in [-0.39, 0.29) is 0 Å². The van der Waals surface area contributed by atoms with Crippen LogP contribution in [0.1, 0.15) is 31.0 Å². The van der Waals surface area contributed by atoms with Gasteiger partial charge in [0, 0.05) is 10.9 Å². The Labute approximate surface area is 131 Å². The quantitative estimate of drug-likeness (QED) is 0.765. The monoisotopic (exact) mass is 288 g/mol. The number of rotatable bonds is 0. The van der Waals surface area contributed by atoms with Crippen LogP contribution in [0.2, 0.25) is 0 Å². The third kappa shape index (κ3) is 1.98. The van der Waals surface area contributed by atoms with Gasteiger partial charge in [0.1, 0.15) is 0 Å². The Kier molecular flexibility index (Phi) is 3.11. The Morgan fingerprint density at radius 1 is 1.14 bits per heavy atom. The van der Waals surface area contributed by atoms with E-state index in [1.54, 1.807) is 0 Å². The summed E-state index contributed by atoms with van der Waals surface area (Å²) in [7, 11) is 0. The van der Waals surface area contributed by atoms with Gasteiger partial charge in [-0.2, -0.15) is 0 Å². The van der Waals surface area contributed by atoms with Crippen LogP contribution in [0, 0.1) is 5.92 Å². The van der Waals surface area contributed by atoms with Gasteiger partial charge in [0.25, 0.3) is 0 Å². The molecule has 1 heterocycles. The molecule has 1 aromatic heterocycles. The summed E-state index contributed by atoms with van der Waals surface area (Å²) in [5.41, 5.74) is 13.6. The van der Waals surface area contributed by atoms with Crippen LogP contribution in [0.15, 0.2) is 54.1 Å². The number of hydrogen-bond donors (Lipinski definition) is 1. The van der Waals surface area contributed by atoms with Crippen molar-refractivity contribution in [1.82, 2.24) is 4.98 Å². The van der Waals surface area contributed by atoms with Gasteiger partial charge in [-0.3, -0.25) is 4.98 Å². The first kappa shape index (κ1) is 13.3. The van der Waals surface area contributed by atoms with E-state index in [1.165, 1.54) is 11.1 Å². The Morgan fingerprint density at radius 3 is 2.91 bits per heavy atom. The van der Waals surface area contributed by atoms with Gasteiger partial charge in [-0.05, 0) is 36.8 Å². The fourth-order valence-electron chi connectivity index (χ4n) is 3.68. The van der Waals surface area contributed by atoms with E-state index in [2.05, 4.69) is 43.4 Å². The first-order valence-electron chi connectivity index (χ1n) is 8.01. The lowest BCUT2D eigenvalue weighted by Crippen LogP contribution is -2.04. The lowest BCUT2D eigenvalue weighted by Gasteiger charge is -2.17. The predicted octanol–water partition coefficient (Wildman–Crippen LogP) is 4.67. The Hall–Kier alpha value is -2.35. The first-order chi connectivity index (χ1) is 10.8. The van der Waals surface area contributed by atoms with E-state index >= 15 is 0 Å². The number of benzene rings is 1. The summed E-state index contributed by atoms with van der Waals surface area (Å²) in [6, 6.07) is 8.19. The molecule has 2 heteroatoms. The maximum atomic E-state index is 6.58. The van der Waals surface area contributed by atoms with Crippen molar-refractivity contribution in [3.05, 3.63) is 65.4 Å². The van der Waals surface area contributed by atoms with Crippen molar-refractivity contribution in [2.45, 2.75) is 26.2 Å². The molecule has 0 bridgehead atoms. The van der Waals surface area contributed by atoms with E-state index in [0.29, 0.717) is 5.92 Å². The van der Waals surface area contributed by atoms with Crippen molar-refractivity contribution < 1.29 is 0 Å². The summed E-state index contributed by atoms with van der Waals surface area (Å²) in [5, 5.41) is 1.06. The van der Waals surface area contributed by atoms with Gasteiger partial charge in [0.05, 0.1) is 16.9 Å². The van der Waals surface area contributed by atoms with E-state index in [4.69, 9.17) is 10.7 Å². The van der Waals surface area contributed by atoms with Crippen LogP contribution < -0.4 is 5.73 Å².